The van der Waals surface area contributed by atoms with Crippen molar-refractivity contribution in [3.63, 3.8) is 0 Å². The molecule has 1 N–H and O–H groups in total. The molecule has 18 nitrogen and oxygen atoms in total. The van der Waals surface area contributed by atoms with E-state index in [1.54, 1.807) is 25.1 Å². The van der Waals surface area contributed by atoms with E-state index in [1.807, 2.05) is 0 Å². The van der Waals surface area contributed by atoms with Crippen LogP contribution < -0.4 is 14.8 Å². The summed E-state index contributed by atoms with van der Waals surface area (Å²) in [6.07, 6.45) is 0.209. The number of ether oxygens (including phenoxy) is 2. The van der Waals surface area contributed by atoms with Crippen molar-refractivity contribution in [1.29, 1.82) is 0 Å². The second-order valence-electron chi connectivity index (χ2n) is 10.7. The molecule has 0 aromatic heterocycles. The maximum absolute atomic E-state index is 13.2. The van der Waals surface area contributed by atoms with Crippen LogP contribution in [0.5, 0.6) is 11.5 Å². The van der Waals surface area contributed by atoms with Crippen molar-refractivity contribution in [2.75, 3.05) is 0 Å². The van der Waals surface area contributed by atoms with E-state index in [4.69, 9.17) is 9.47 Å². The van der Waals surface area contributed by atoms with Gasteiger partial charge in [-0.25, -0.2) is 9.59 Å². The molecule has 0 aliphatic rings. The van der Waals surface area contributed by atoms with E-state index in [2.05, 4.69) is 19.8 Å². The summed E-state index contributed by atoms with van der Waals surface area (Å²) in [5.74, 6) is -2.58. The lowest BCUT2D eigenvalue weighted by Crippen LogP contribution is -2.34. The minimum Gasteiger partial charge on any atom is -0.419 e. The van der Waals surface area contributed by atoms with Gasteiger partial charge in [0.2, 0.25) is 0 Å². The van der Waals surface area contributed by atoms with Crippen molar-refractivity contribution < 1.29 is 53.6 Å². The van der Waals surface area contributed by atoms with Crippen LogP contribution in [0.25, 0.3) is 0 Å². The highest BCUT2D eigenvalue weighted by Crippen LogP contribution is 2.31. The van der Waals surface area contributed by atoms with Crippen LogP contribution in [0.3, 0.4) is 0 Å². The molecular weight excluding hydrogens is 676 g/mol. The molecule has 264 valence electrons. The minimum atomic E-state index is -0.975. The number of nitrogens with one attached hydrogen (secondary N) is 1. The maximum Gasteiger partial charge on any atom is 0.343 e. The molecular formula is C33H28N4O14. The Hall–Kier alpha value is -7.11. The Morgan fingerprint density at radius 2 is 1.02 bits per heavy atom. The summed E-state index contributed by atoms with van der Waals surface area (Å²) >= 11 is 0. The summed E-state index contributed by atoms with van der Waals surface area (Å²) < 4.78 is 11.2. The minimum absolute atomic E-state index is 0.00657. The van der Waals surface area contributed by atoms with E-state index in [0.717, 1.165) is 0 Å². The van der Waals surface area contributed by atoms with Crippen molar-refractivity contribution in [2.45, 2.75) is 39.2 Å². The number of carbonyl (C=O) groups excluding carboxylic acids is 3. The summed E-state index contributed by atoms with van der Waals surface area (Å²) in [7, 11) is 0. The summed E-state index contributed by atoms with van der Waals surface area (Å²) in [6, 6.07) is 21.4. The van der Waals surface area contributed by atoms with Gasteiger partial charge in [-0.1, -0.05) is 42.5 Å². The Balaban J connectivity index is 1.54. The van der Waals surface area contributed by atoms with Crippen LogP contribution in [0.2, 0.25) is 0 Å². The fourth-order valence-electron chi connectivity index (χ4n) is 4.63. The molecule has 1 unspecified atom stereocenters. The Morgan fingerprint density at radius 3 is 1.49 bits per heavy atom. The van der Waals surface area contributed by atoms with Gasteiger partial charge in [0, 0.05) is 11.6 Å². The molecule has 4 aromatic carbocycles. The second-order valence-corrected chi connectivity index (χ2v) is 10.7. The number of esters is 2. The molecule has 0 spiro atoms. The molecule has 0 heterocycles. The van der Waals surface area contributed by atoms with Crippen molar-refractivity contribution in [3.05, 3.63) is 160 Å². The largest absolute Gasteiger partial charge is 0.419 e. The Morgan fingerprint density at radius 1 is 0.588 bits per heavy atom. The van der Waals surface area contributed by atoms with Crippen LogP contribution in [-0.2, 0) is 40.8 Å². The predicted molar refractivity (Wildman–Crippen MR) is 172 cm³/mol. The van der Waals surface area contributed by atoms with Gasteiger partial charge in [0.15, 0.2) is 11.5 Å². The van der Waals surface area contributed by atoms with E-state index in [0.29, 0.717) is 22.3 Å². The molecule has 4 rings (SSSR count). The topological polar surface area (TPSA) is 239 Å². The van der Waals surface area contributed by atoms with Crippen LogP contribution in [0.15, 0.2) is 91.0 Å². The fraction of sp³-hybridized carbons (Fsp3) is 0.182. The van der Waals surface area contributed by atoms with Gasteiger partial charge in [0.1, 0.15) is 19.8 Å². The first-order valence-corrected chi connectivity index (χ1v) is 14.8. The molecule has 0 radical (unpaired) electrons. The number of benzene rings is 4. The van der Waals surface area contributed by atoms with E-state index >= 15 is 0 Å². The van der Waals surface area contributed by atoms with Gasteiger partial charge in [0.25, 0.3) is 21.2 Å². The molecule has 0 saturated carbocycles. The van der Waals surface area contributed by atoms with E-state index in [1.165, 1.54) is 72.8 Å². The summed E-state index contributed by atoms with van der Waals surface area (Å²) in [6.45, 7) is 0.554. The van der Waals surface area contributed by atoms with E-state index < -0.39 is 52.4 Å². The van der Waals surface area contributed by atoms with Crippen LogP contribution in [-0.4, -0.2) is 39.1 Å². The van der Waals surface area contributed by atoms with Gasteiger partial charge in [-0.15, -0.1) is 30.3 Å². The summed E-state index contributed by atoms with van der Waals surface area (Å²) in [4.78, 5) is 84.0. The third-order valence-corrected chi connectivity index (χ3v) is 6.86. The normalized spacial score (nSPS) is 11.0. The standard InChI is InChI=1S/C33H28N4O14/c1-21(34-31(38)26-8-2-5-23(14-26)18-47-35(41)42)13-22-11-12-29(50-32(39)27-9-3-6-24(15-27)19-48-36(43)44)30(17-22)51-33(40)28-10-4-7-25(16-28)20-49-37(45)46/h2-12,14-17,21H,13,18-20H2,1H3,(H,34,38). The van der Waals surface area contributed by atoms with E-state index in [-0.39, 0.29) is 41.2 Å². The first-order valence-electron chi connectivity index (χ1n) is 14.8. The van der Waals surface area contributed by atoms with Crippen molar-refractivity contribution in [3.8, 4) is 11.5 Å². The Kier molecular flexibility index (Phi) is 12.5. The third kappa shape index (κ3) is 11.5. The van der Waals surface area contributed by atoms with Gasteiger partial charge in [-0.3, -0.25) is 4.79 Å². The maximum atomic E-state index is 13.2. The van der Waals surface area contributed by atoms with Gasteiger partial charge in [-0.2, -0.15) is 0 Å². The highest BCUT2D eigenvalue weighted by Gasteiger charge is 2.20. The molecule has 51 heavy (non-hydrogen) atoms. The van der Waals surface area contributed by atoms with Crippen LogP contribution >= 0.6 is 0 Å². The average Bonchev–Trinajstić information content (AvgIpc) is 3.10. The zero-order valence-corrected chi connectivity index (χ0v) is 26.6. The van der Waals surface area contributed by atoms with E-state index in [9.17, 15) is 44.7 Å². The van der Waals surface area contributed by atoms with Crippen LogP contribution in [0.1, 0.15) is 60.3 Å². The predicted octanol–water partition coefficient (Wildman–Crippen LogP) is 4.61. The van der Waals surface area contributed by atoms with Crippen LogP contribution in [0.4, 0.5) is 0 Å². The molecule has 1 amide bonds. The Labute approximate surface area is 287 Å². The number of hydrogen-bond donors (Lipinski definition) is 1. The third-order valence-electron chi connectivity index (χ3n) is 6.86. The molecule has 0 fully saturated rings. The zero-order chi connectivity index (χ0) is 36.9. The van der Waals surface area contributed by atoms with Gasteiger partial charge in [-0.05, 0) is 84.1 Å². The molecule has 0 bridgehead atoms. The molecule has 18 heteroatoms. The first kappa shape index (κ1) is 36.7. The number of amides is 1. The second kappa shape index (κ2) is 17.3. The number of hydrogen-bond acceptors (Lipinski definition) is 14. The van der Waals surface area contributed by atoms with Gasteiger partial charge in [0.05, 0.1) is 11.1 Å². The average molecular weight is 705 g/mol. The van der Waals surface area contributed by atoms with Crippen molar-refractivity contribution in [1.82, 2.24) is 5.32 Å². The summed E-state index contributed by atoms with van der Waals surface area (Å²) in [5, 5.41) is 31.6. The lowest BCUT2D eigenvalue weighted by atomic mass is 10.1. The Bertz CT molecular complexity index is 1950. The molecule has 1 atom stereocenters. The van der Waals surface area contributed by atoms with Crippen molar-refractivity contribution in [2.24, 2.45) is 0 Å². The fourth-order valence-corrected chi connectivity index (χ4v) is 4.63. The lowest BCUT2D eigenvalue weighted by molar-refractivity contribution is -0.763. The first-order chi connectivity index (χ1) is 24.4. The quantitative estimate of drug-likeness (QED) is 0.0683. The zero-order valence-electron chi connectivity index (χ0n) is 26.6. The van der Waals surface area contributed by atoms with Crippen molar-refractivity contribution >= 4 is 17.8 Å². The van der Waals surface area contributed by atoms with Gasteiger partial charge < -0.3 is 29.3 Å². The monoisotopic (exact) mass is 704 g/mol. The molecule has 0 aliphatic carbocycles. The molecule has 0 aliphatic heterocycles. The highest BCUT2D eigenvalue weighted by molar-refractivity contribution is 5.95. The lowest BCUT2D eigenvalue weighted by Gasteiger charge is -2.17. The molecule has 4 aromatic rings. The number of carbonyl (C=O) groups is 3. The molecule has 0 saturated heterocycles. The van der Waals surface area contributed by atoms with Crippen LogP contribution in [0, 0.1) is 30.3 Å². The SMILES string of the molecule is CC(Cc1ccc(OC(=O)c2cccc(CO[N+](=O)[O-])c2)c(OC(=O)c2cccc(CO[N+](=O)[O-])c2)c1)NC(=O)c1cccc(CO[N+](=O)[O-])c1. The summed E-state index contributed by atoms with van der Waals surface area (Å²) in [5.41, 5.74) is 1.85. The van der Waals surface area contributed by atoms with Gasteiger partial charge >= 0.3 is 11.9 Å². The number of nitrogens with zero attached hydrogens (tertiary/aromatic N) is 3. The number of rotatable bonds is 17. The smallest absolute Gasteiger partial charge is 0.343 e. The highest BCUT2D eigenvalue weighted by atomic mass is 17.0.